The number of fused-ring (bicyclic) bond motifs is 3. The summed E-state index contributed by atoms with van der Waals surface area (Å²) in [6.07, 6.45) is 4.62. The lowest BCUT2D eigenvalue weighted by Crippen LogP contribution is -2.11. The van der Waals surface area contributed by atoms with Crippen molar-refractivity contribution in [2.75, 3.05) is 7.11 Å². The molecule has 1 amide bonds. The highest BCUT2D eigenvalue weighted by Crippen LogP contribution is 2.33. The molecule has 0 aliphatic heterocycles. The first-order chi connectivity index (χ1) is 14.6. The highest BCUT2D eigenvalue weighted by molar-refractivity contribution is 6.17. The van der Waals surface area contributed by atoms with Gasteiger partial charge in [0.05, 0.1) is 18.1 Å². The van der Waals surface area contributed by atoms with Crippen LogP contribution < -0.4 is 10.5 Å². The van der Waals surface area contributed by atoms with Crippen LogP contribution >= 0.6 is 0 Å². The van der Waals surface area contributed by atoms with Gasteiger partial charge in [-0.3, -0.25) is 4.79 Å². The number of benzene rings is 3. The number of unbranched alkanes of at least 4 members (excludes halogenated alkanes) is 2. The third kappa shape index (κ3) is 3.78. The van der Waals surface area contributed by atoms with Crippen molar-refractivity contribution >= 4 is 27.7 Å². The predicted molar refractivity (Wildman–Crippen MR) is 122 cm³/mol. The first-order valence-corrected chi connectivity index (χ1v) is 10.5. The quantitative estimate of drug-likeness (QED) is 0.399. The fourth-order valence-electron chi connectivity index (χ4n) is 4.11. The number of hydrogen-bond acceptors (Lipinski definition) is 2. The first-order valence-electron chi connectivity index (χ1n) is 10.5. The lowest BCUT2D eigenvalue weighted by Gasteiger charge is -2.10. The van der Waals surface area contributed by atoms with Crippen LogP contribution in [0.4, 0.5) is 0 Å². The standard InChI is InChI=1S/C26H27N2O2/c1-3-4-5-7-18-12-15-21-24(16-18)28(17-19-10-13-20(30-2)14-11-19)23-9-6-8-22(25(21)23)26(27)29/h6,8-14,16H,3-5,7,17H2,1-2H3,(H2,27,29). The number of rotatable bonds is 8. The van der Waals surface area contributed by atoms with Crippen molar-refractivity contribution in [2.24, 2.45) is 5.73 Å². The van der Waals surface area contributed by atoms with E-state index in [2.05, 4.69) is 47.9 Å². The van der Waals surface area contributed by atoms with Gasteiger partial charge in [0.15, 0.2) is 0 Å². The molecule has 30 heavy (non-hydrogen) atoms. The Bertz CT molecular complexity index is 1190. The van der Waals surface area contributed by atoms with E-state index in [1.165, 1.54) is 24.8 Å². The van der Waals surface area contributed by atoms with Crippen LogP contribution in [-0.2, 0) is 13.0 Å². The van der Waals surface area contributed by atoms with Crippen LogP contribution in [0.25, 0.3) is 21.8 Å². The average molecular weight is 400 g/mol. The molecule has 0 spiro atoms. The molecule has 0 saturated heterocycles. The van der Waals surface area contributed by atoms with Crippen molar-refractivity contribution in [3.8, 4) is 5.75 Å². The monoisotopic (exact) mass is 399 g/mol. The van der Waals surface area contributed by atoms with Crippen molar-refractivity contribution in [3.63, 3.8) is 0 Å². The second-order valence-electron chi connectivity index (χ2n) is 7.72. The van der Waals surface area contributed by atoms with Crippen LogP contribution in [0.15, 0.2) is 54.6 Å². The molecule has 1 aromatic heterocycles. The number of hydrogen-bond donors (Lipinski definition) is 1. The summed E-state index contributed by atoms with van der Waals surface area (Å²) in [5.74, 6) is 0.424. The van der Waals surface area contributed by atoms with E-state index in [9.17, 15) is 4.79 Å². The molecule has 0 unspecified atom stereocenters. The van der Waals surface area contributed by atoms with Crippen molar-refractivity contribution < 1.29 is 9.53 Å². The minimum Gasteiger partial charge on any atom is -0.497 e. The molecule has 2 N–H and O–H groups in total. The van der Waals surface area contributed by atoms with Crippen LogP contribution in [0, 0.1) is 6.07 Å². The van der Waals surface area contributed by atoms with Crippen LogP contribution in [0.1, 0.15) is 47.7 Å². The van der Waals surface area contributed by atoms with Gasteiger partial charge in [-0.1, -0.05) is 44.0 Å². The van der Waals surface area contributed by atoms with Crippen molar-refractivity contribution in [1.82, 2.24) is 4.57 Å². The average Bonchev–Trinajstić information content (AvgIpc) is 3.07. The van der Waals surface area contributed by atoms with Gasteiger partial charge in [0.2, 0.25) is 5.91 Å². The highest BCUT2D eigenvalue weighted by atomic mass is 16.5. The molecule has 0 saturated carbocycles. The van der Waals surface area contributed by atoms with E-state index in [1.807, 2.05) is 18.2 Å². The fourth-order valence-corrected chi connectivity index (χ4v) is 4.11. The number of methoxy groups -OCH3 is 1. The fraction of sp³-hybridized carbons (Fsp3) is 0.269. The Kier molecular flexibility index (Phi) is 5.75. The van der Waals surface area contributed by atoms with Crippen LogP contribution in [0.3, 0.4) is 0 Å². The van der Waals surface area contributed by atoms with Crippen LogP contribution in [0.2, 0.25) is 0 Å². The Morgan fingerprint density at radius 3 is 2.57 bits per heavy atom. The summed E-state index contributed by atoms with van der Waals surface area (Å²) in [6, 6.07) is 21.6. The molecule has 1 radical (unpaired) electrons. The first kappa shape index (κ1) is 20.0. The minimum absolute atomic E-state index is 0.412. The SMILES string of the molecule is CCCCCc1c[c]c2c3c(C(N)=O)cccc3n(Cc3ccc(OC)cc3)c2c1. The number of primary amides is 1. The Morgan fingerprint density at radius 1 is 1.07 bits per heavy atom. The van der Waals surface area contributed by atoms with Gasteiger partial charge in [-0.05, 0) is 60.4 Å². The smallest absolute Gasteiger partial charge is 0.249 e. The zero-order chi connectivity index (χ0) is 21.1. The van der Waals surface area contributed by atoms with E-state index < -0.39 is 5.91 Å². The molecule has 0 aliphatic carbocycles. The van der Waals surface area contributed by atoms with Gasteiger partial charge >= 0.3 is 0 Å². The van der Waals surface area contributed by atoms with Crippen molar-refractivity contribution in [2.45, 2.75) is 39.2 Å². The van der Waals surface area contributed by atoms with E-state index in [1.54, 1.807) is 13.2 Å². The summed E-state index contributed by atoms with van der Waals surface area (Å²) < 4.78 is 7.55. The summed E-state index contributed by atoms with van der Waals surface area (Å²) in [6.45, 7) is 2.91. The summed E-state index contributed by atoms with van der Waals surface area (Å²) in [4.78, 5) is 12.1. The number of aryl methyl sites for hydroxylation is 1. The molecular formula is C26H27N2O2. The van der Waals surface area contributed by atoms with Gasteiger partial charge in [-0.15, -0.1) is 0 Å². The molecule has 4 heteroatoms. The summed E-state index contributed by atoms with van der Waals surface area (Å²) in [5, 5.41) is 1.83. The molecule has 153 valence electrons. The zero-order valence-corrected chi connectivity index (χ0v) is 17.6. The van der Waals surface area contributed by atoms with Gasteiger partial charge in [-0.25, -0.2) is 0 Å². The molecule has 1 heterocycles. The summed E-state index contributed by atoms with van der Waals surface area (Å²) >= 11 is 0. The molecule has 4 rings (SSSR count). The maximum atomic E-state index is 12.1. The number of carbonyl (C=O) groups is 1. The Labute approximate surface area is 177 Å². The third-order valence-corrected chi connectivity index (χ3v) is 5.69. The van der Waals surface area contributed by atoms with Crippen molar-refractivity contribution in [3.05, 3.63) is 77.4 Å². The minimum atomic E-state index is -0.412. The number of aromatic nitrogens is 1. The second kappa shape index (κ2) is 8.62. The third-order valence-electron chi connectivity index (χ3n) is 5.69. The maximum Gasteiger partial charge on any atom is 0.249 e. The Morgan fingerprint density at radius 2 is 1.87 bits per heavy atom. The van der Waals surface area contributed by atoms with Gasteiger partial charge in [0.1, 0.15) is 5.75 Å². The number of carbonyl (C=O) groups excluding carboxylic acids is 1. The zero-order valence-electron chi connectivity index (χ0n) is 17.6. The molecule has 3 aromatic carbocycles. The highest BCUT2D eigenvalue weighted by Gasteiger charge is 2.17. The Balaban J connectivity index is 1.88. The number of ether oxygens (including phenoxy) is 1. The van der Waals surface area contributed by atoms with Gasteiger partial charge in [0.25, 0.3) is 0 Å². The molecule has 4 aromatic rings. The molecule has 0 atom stereocenters. The largest absolute Gasteiger partial charge is 0.497 e. The predicted octanol–water partition coefficient (Wildman–Crippen LogP) is 5.48. The molecule has 4 nitrogen and oxygen atoms in total. The Hall–Kier alpha value is -3.27. The number of amides is 1. The van der Waals surface area contributed by atoms with E-state index in [0.717, 1.165) is 39.5 Å². The van der Waals surface area contributed by atoms with Gasteiger partial charge < -0.3 is 15.0 Å². The van der Waals surface area contributed by atoms with Crippen molar-refractivity contribution in [1.29, 1.82) is 0 Å². The van der Waals surface area contributed by atoms with E-state index >= 15 is 0 Å². The summed E-state index contributed by atoms with van der Waals surface area (Å²) in [5.41, 5.74) is 10.8. The normalized spacial score (nSPS) is 11.3. The van der Waals surface area contributed by atoms with Crippen LogP contribution in [0.5, 0.6) is 5.75 Å². The van der Waals surface area contributed by atoms with E-state index in [4.69, 9.17) is 10.5 Å². The lowest BCUT2D eigenvalue weighted by atomic mass is 10.0. The maximum absolute atomic E-state index is 12.1. The lowest BCUT2D eigenvalue weighted by molar-refractivity contribution is 0.100. The van der Waals surface area contributed by atoms with E-state index in [0.29, 0.717) is 12.1 Å². The number of nitrogens with zero attached hydrogens (tertiary/aromatic N) is 1. The summed E-state index contributed by atoms with van der Waals surface area (Å²) in [7, 11) is 1.67. The molecule has 0 bridgehead atoms. The second-order valence-corrected chi connectivity index (χ2v) is 7.72. The number of nitrogens with two attached hydrogens (primary N) is 1. The molecule has 0 aliphatic rings. The van der Waals surface area contributed by atoms with Gasteiger partial charge in [-0.2, -0.15) is 0 Å². The molecule has 0 fully saturated rings. The van der Waals surface area contributed by atoms with E-state index in [-0.39, 0.29) is 0 Å². The molecular weight excluding hydrogens is 372 g/mol. The van der Waals surface area contributed by atoms with Gasteiger partial charge in [0, 0.05) is 22.9 Å². The van der Waals surface area contributed by atoms with Crippen LogP contribution in [-0.4, -0.2) is 17.6 Å². The topological polar surface area (TPSA) is 57.2 Å².